The van der Waals surface area contributed by atoms with Crippen LogP contribution < -0.4 is 15.6 Å². The summed E-state index contributed by atoms with van der Waals surface area (Å²) in [7, 11) is 3.52. The molecule has 0 saturated heterocycles. The number of nitrogens with zero attached hydrogens (tertiary/aromatic N) is 5. The Morgan fingerprint density at radius 3 is 2.69 bits per heavy atom. The zero-order valence-corrected chi connectivity index (χ0v) is 17.2. The van der Waals surface area contributed by atoms with Crippen LogP contribution in [-0.2, 0) is 20.6 Å². The Morgan fingerprint density at radius 1 is 1.14 bits per heavy atom. The number of aryl methyl sites for hydroxylation is 4. The molecule has 0 bridgehead atoms. The Morgan fingerprint density at radius 2 is 1.97 bits per heavy atom. The molecule has 1 aliphatic carbocycles. The average Bonchev–Trinajstić information content (AvgIpc) is 3.39. The quantitative estimate of drug-likeness (QED) is 0.662. The standard InChI is InChI=1S/C21H26N6O2/c1-13-6-5-7-18(23-13)17-9-15(17)12-29-20-10-19(21(28)27(4)25-20)22-11-16-8-14(2)24-26(16)3/h5-8,10,15,17,22H,9,11-12H2,1-4H3/t15-,17+/m1/s1. The smallest absolute Gasteiger partial charge is 0.290 e. The Labute approximate surface area is 169 Å². The van der Waals surface area contributed by atoms with Gasteiger partial charge in [0.05, 0.1) is 24.5 Å². The number of ether oxygens (including phenoxy) is 1. The summed E-state index contributed by atoms with van der Waals surface area (Å²) in [6, 6.07) is 9.79. The molecule has 152 valence electrons. The van der Waals surface area contributed by atoms with Gasteiger partial charge in [0.15, 0.2) is 0 Å². The summed E-state index contributed by atoms with van der Waals surface area (Å²) in [5.41, 5.74) is 4.37. The van der Waals surface area contributed by atoms with Gasteiger partial charge in [-0.05, 0) is 38.5 Å². The molecule has 8 heteroatoms. The lowest BCUT2D eigenvalue weighted by Gasteiger charge is -2.11. The van der Waals surface area contributed by atoms with Gasteiger partial charge in [0, 0.05) is 43.4 Å². The van der Waals surface area contributed by atoms with Crippen LogP contribution in [0.15, 0.2) is 35.1 Å². The van der Waals surface area contributed by atoms with Crippen molar-refractivity contribution >= 4 is 5.69 Å². The average molecular weight is 394 g/mol. The molecule has 0 aliphatic heterocycles. The van der Waals surface area contributed by atoms with Crippen molar-refractivity contribution in [2.24, 2.45) is 20.0 Å². The van der Waals surface area contributed by atoms with Crippen LogP contribution in [0.2, 0.25) is 0 Å². The first-order valence-electron chi connectivity index (χ1n) is 9.79. The second-order valence-electron chi connectivity index (χ2n) is 7.70. The second kappa shape index (κ2) is 7.69. The lowest BCUT2D eigenvalue weighted by atomic mass is 10.2. The number of hydrogen-bond acceptors (Lipinski definition) is 6. The number of anilines is 1. The summed E-state index contributed by atoms with van der Waals surface area (Å²) >= 11 is 0. The molecule has 0 aromatic carbocycles. The molecule has 3 aromatic rings. The summed E-state index contributed by atoms with van der Waals surface area (Å²) < 4.78 is 9.02. The summed E-state index contributed by atoms with van der Waals surface area (Å²) in [5.74, 6) is 1.31. The molecule has 3 heterocycles. The molecule has 0 amide bonds. The third-order valence-electron chi connectivity index (χ3n) is 5.26. The Hall–Kier alpha value is -3.16. The van der Waals surface area contributed by atoms with Crippen LogP contribution >= 0.6 is 0 Å². The first-order chi connectivity index (χ1) is 13.9. The normalized spacial score (nSPS) is 17.9. The van der Waals surface area contributed by atoms with E-state index in [9.17, 15) is 4.79 Å². The Kier molecular flexibility index (Phi) is 5.08. The largest absolute Gasteiger partial charge is 0.476 e. The second-order valence-corrected chi connectivity index (χ2v) is 7.70. The number of aromatic nitrogens is 5. The van der Waals surface area contributed by atoms with E-state index in [1.807, 2.05) is 39.1 Å². The fourth-order valence-corrected chi connectivity index (χ4v) is 3.55. The van der Waals surface area contributed by atoms with E-state index in [2.05, 4.69) is 26.6 Å². The fraction of sp³-hybridized carbons (Fsp3) is 0.429. The van der Waals surface area contributed by atoms with E-state index in [4.69, 9.17) is 4.74 Å². The van der Waals surface area contributed by atoms with Crippen molar-refractivity contribution in [1.29, 1.82) is 0 Å². The van der Waals surface area contributed by atoms with Gasteiger partial charge in [-0.2, -0.15) is 5.10 Å². The molecule has 1 saturated carbocycles. The third kappa shape index (κ3) is 4.31. The highest BCUT2D eigenvalue weighted by Crippen LogP contribution is 2.46. The topological polar surface area (TPSA) is 86.9 Å². The van der Waals surface area contributed by atoms with Crippen LogP contribution in [0.5, 0.6) is 5.88 Å². The van der Waals surface area contributed by atoms with Crippen LogP contribution in [0.1, 0.15) is 35.1 Å². The van der Waals surface area contributed by atoms with Crippen LogP contribution in [0.25, 0.3) is 0 Å². The Bertz CT molecular complexity index is 1090. The first-order valence-corrected chi connectivity index (χ1v) is 9.79. The van der Waals surface area contributed by atoms with Gasteiger partial charge in [0.1, 0.15) is 5.69 Å². The minimum atomic E-state index is -0.190. The van der Waals surface area contributed by atoms with E-state index < -0.39 is 0 Å². The summed E-state index contributed by atoms with van der Waals surface area (Å²) in [6.45, 7) is 5.01. The minimum absolute atomic E-state index is 0.190. The van der Waals surface area contributed by atoms with Crippen LogP contribution in [0.3, 0.4) is 0 Å². The molecule has 0 unspecified atom stereocenters. The molecule has 0 spiro atoms. The molecule has 1 aliphatic rings. The van der Waals surface area contributed by atoms with E-state index in [1.165, 1.54) is 4.68 Å². The zero-order valence-electron chi connectivity index (χ0n) is 17.2. The Balaban J connectivity index is 1.40. The van der Waals surface area contributed by atoms with Crippen molar-refractivity contribution < 1.29 is 4.74 Å². The lowest BCUT2D eigenvalue weighted by Crippen LogP contribution is -2.24. The van der Waals surface area contributed by atoms with Crippen LogP contribution in [-0.4, -0.2) is 31.2 Å². The van der Waals surface area contributed by atoms with Crippen LogP contribution in [0, 0.1) is 19.8 Å². The SMILES string of the molecule is Cc1cccc([C@H]2C[C@@H]2COc2cc(NCc3cc(C)nn3C)c(=O)n(C)n2)n1. The predicted octanol–water partition coefficient (Wildman–Crippen LogP) is 2.32. The summed E-state index contributed by atoms with van der Waals surface area (Å²) in [4.78, 5) is 17.0. The molecule has 8 nitrogen and oxygen atoms in total. The highest BCUT2D eigenvalue weighted by atomic mass is 16.5. The van der Waals surface area contributed by atoms with Gasteiger partial charge >= 0.3 is 0 Å². The first kappa shape index (κ1) is 19.2. The van der Waals surface area contributed by atoms with E-state index in [-0.39, 0.29) is 5.56 Å². The van der Waals surface area contributed by atoms with Crippen molar-refractivity contribution in [2.45, 2.75) is 32.7 Å². The van der Waals surface area contributed by atoms with Gasteiger partial charge in [-0.3, -0.25) is 14.5 Å². The van der Waals surface area contributed by atoms with Crippen molar-refractivity contribution in [3.63, 3.8) is 0 Å². The molecule has 1 N–H and O–H groups in total. The maximum atomic E-state index is 12.4. The van der Waals surface area contributed by atoms with Crippen molar-refractivity contribution in [1.82, 2.24) is 24.5 Å². The van der Waals surface area contributed by atoms with Gasteiger partial charge in [0.25, 0.3) is 5.56 Å². The van der Waals surface area contributed by atoms with Gasteiger partial charge in [-0.15, -0.1) is 5.10 Å². The van der Waals surface area contributed by atoms with Crippen LogP contribution in [0.4, 0.5) is 5.69 Å². The predicted molar refractivity (Wildman–Crippen MR) is 110 cm³/mol. The maximum Gasteiger partial charge on any atom is 0.290 e. The van der Waals surface area contributed by atoms with Crippen molar-refractivity contribution in [2.75, 3.05) is 11.9 Å². The van der Waals surface area contributed by atoms with Crippen molar-refractivity contribution in [3.05, 3.63) is 63.5 Å². The maximum absolute atomic E-state index is 12.4. The number of rotatable bonds is 7. The van der Waals surface area contributed by atoms with E-state index >= 15 is 0 Å². The summed E-state index contributed by atoms with van der Waals surface area (Å²) in [6.07, 6.45) is 1.06. The molecule has 29 heavy (non-hydrogen) atoms. The third-order valence-corrected chi connectivity index (χ3v) is 5.26. The molecule has 3 aromatic heterocycles. The molecule has 4 rings (SSSR count). The van der Waals surface area contributed by atoms with Gasteiger partial charge in [-0.1, -0.05) is 6.07 Å². The monoisotopic (exact) mass is 394 g/mol. The lowest BCUT2D eigenvalue weighted by molar-refractivity contribution is 0.278. The number of pyridine rings is 1. The summed E-state index contributed by atoms with van der Waals surface area (Å²) in [5, 5.41) is 11.7. The minimum Gasteiger partial charge on any atom is -0.476 e. The van der Waals surface area contributed by atoms with E-state index in [1.54, 1.807) is 17.8 Å². The highest BCUT2D eigenvalue weighted by molar-refractivity contribution is 5.43. The van der Waals surface area contributed by atoms with Gasteiger partial charge in [0.2, 0.25) is 5.88 Å². The molecular formula is C21H26N6O2. The van der Waals surface area contributed by atoms with E-state index in [0.29, 0.717) is 36.6 Å². The van der Waals surface area contributed by atoms with Gasteiger partial charge < -0.3 is 10.1 Å². The van der Waals surface area contributed by atoms with Crippen molar-refractivity contribution in [3.8, 4) is 5.88 Å². The number of nitrogens with one attached hydrogen (secondary N) is 1. The zero-order chi connectivity index (χ0) is 20.5. The molecule has 0 radical (unpaired) electrons. The van der Waals surface area contributed by atoms with E-state index in [0.717, 1.165) is 29.2 Å². The molecule has 2 atom stereocenters. The molecular weight excluding hydrogens is 368 g/mol. The number of hydrogen-bond donors (Lipinski definition) is 1. The fourth-order valence-electron chi connectivity index (χ4n) is 3.55. The highest BCUT2D eigenvalue weighted by Gasteiger charge is 2.40. The van der Waals surface area contributed by atoms with Gasteiger partial charge in [-0.25, -0.2) is 4.68 Å². The molecule has 1 fully saturated rings.